The van der Waals surface area contributed by atoms with E-state index in [2.05, 4.69) is 21.8 Å². The number of nitrogens with zero attached hydrogens (tertiary/aromatic N) is 5. The summed E-state index contributed by atoms with van der Waals surface area (Å²) in [6.45, 7) is 4.12. The highest BCUT2D eigenvalue weighted by Gasteiger charge is 2.24. The summed E-state index contributed by atoms with van der Waals surface area (Å²) in [5, 5.41) is 0.578. The fraction of sp³-hybridized carbons (Fsp3) is 0.261. The molecule has 3 aromatic rings. The molecule has 5 nitrogen and oxygen atoms in total. The van der Waals surface area contributed by atoms with Crippen LogP contribution in [0.1, 0.15) is 16.7 Å². The molecule has 2 aliphatic heterocycles. The minimum absolute atomic E-state index is 0.308. The molecule has 0 N–H and O–H groups in total. The normalized spacial score (nSPS) is 16.5. The van der Waals surface area contributed by atoms with Gasteiger partial charge in [-0.3, -0.25) is 4.99 Å². The number of rotatable bonds is 2. The van der Waals surface area contributed by atoms with Crippen LogP contribution in [0.15, 0.2) is 53.7 Å². The number of halogens is 2. The number of anilines is 1. The SMILES string of the molecule is CN1CCN(c2ncc3c(n2)-c2ccc(Cl)cc2C(c2ccccc2F)=NC3)CC1. The van der Waals surface area contributed by atoms with Gasteiger partial charge >= 0.3 is 0 Å². The van der Waals surface area contributed by atoms with Crippen LogP contribution in [0.3, 0.4) is 0 Å². The van der Waals surface area contributed by atoms with Crippen molar-refractivity contribution >= 4 is 23.3 Å². The monoisotopic (exact) mass is 421 g/mol. The molecule has 7 heteroatoms. The van der Waals surface area contributed by atoms with E-state index in [9.17, 15) is 4.39 Å². The molecular weight excluding hydrogens is 401 g/mol. The lowest BCUT2D eigenvalue weighted by Crippen LogP contribution is -2.45. The van der Waals surface area contributed by atoms with Gasteiger partial charge in [0.2, 0.25) is 5.95 Å². The largest absolute Gasteiger partial charge is 0.338 e. The van der Waals surface area contributed by atoms with E-state index in [4.69, 9.17) is 21.6 Å². The van der Waals surface area contributed by atoms with Gasteiger partial charge in [0, 0.05) is 59.7 Å². The highest BCUT2D eigenvalue weighted by molar-refractivity contribution is 6.31. The van der Waals surface area contributed by atoms with Crippen molar-refractivity contribution < 1.29 is 4.39 Å². The molecule has 0 spiro atoms. The highest BCUT2D eigenvalue weighted by atomic mass is 35.5. The molecule has 3 heterocycles. The van der Waals surface area contributed by atoms with Crippen LogP contribution < -0.4 is 4.90 Å². The summed E-state index contributed by atoms with van der Waals surface area (Å²) in [6, 6.07) is 12.3. The second-order valence-electron chi connectivity index (χ2n) is 7.67. The molecule has 0 unspecified atom stereocenters. The van der Waals surface area contributed by atoms with Crippen LogP contribution in [-0.2, 0) is 6.54 Å². The zero-order valence-electron chi connectivity index (χ0n) is 16.6. The molecule has 2 aliphatic rings. The fourth-order valence-electron chi connectivity index (χ4n) is 3.96. The number of benzene rings is 2. The lowest BCUT2D eigenvalue weighted by atomic mass is 9.95. The average Bonchev–Trinajstić information content (AvgIpc) is 2.91. The number of aliphatic imine (C=N–C) groups is 1. The molecule has 1 saturated heterocycles. The van der Waals surface area contributed by atoms with Gasteiger partial charge in [-0.2, -0.15) is 0 Å². The molecule has 30 heavy (non-hydrogen) atoms. The summed E-state index contributed by atoms with van der Waals surface area (Å²) in [5.41, 5.74) is 4.48. The van der Waals surface area contributed by atoms with Gasteiger partial charge in [0.05, 0.1) is 18.0 Å². The van der Waals surface area contributed by atoms with Crippen molar-refractivity contribution in [3.63, 3.8) is 0 Å². The third kappa shape index (κ3) is 3.46. The van der Waals surface area contributed by atoms with Crippen molar-refractivity contribution in [2.45, 2.75) is 6.54 Å². The Balaban J connectivity index is 1.63. The summed E-state index contributed by atoms with van der Waals surface area (Å²) in [4.78, 5) is 18.8. The van der Waals surface area contributed by atoms with E-state index >= 15 is 0 Å². The molecule has 5 rings (SSSR count). The fourth-order valence-corrected chi connectivity index (χ4v) is 4.13. The lowest BCUT2D eigenvalue weighted by Gasteiger charge is -2.32. The van der Waals surface area contributed by atoms with E-state index in [1.807, 2.05) is 30.5 Å². The van der Waals surface area contributed by atoms with E-state index in [-0.39, 0.29) is 5.82 Å². The number of piperazine rings is 1. The first kappa shape index (κ1) is 19.2. The van der Waals surface area contributed by atoms with Gasteiger partial charge in [-0.15, -0.1) is 0 Å². The Morgan fingerprint density at radius 3 is 2.57 bits per heavy atom. The maximum Gasteiger partial charge on any atom is 0.225 e. The van der Waals surface area contributed by atoms with Crippen LogP contribution in [-0.4, -0.2) is 53.8 Å². The number of hydrogen-bond acceptors (Lipinski definition) is 5. The standard InChI is InChI=1S/C23H21ClFN5/c1-29-8-10-30(11-9-29)23-27-14-15-13-26-22(18-4-2-3-5-20(18)25)19-12-16(24)6-7-17(19)21(15)28-23/h2-7,12,14H,8-11,13H2,1H3. The van der Waals surface area contributed by atoms with Crippen molar-refractivity contribution in [1.29, 1.82) is 0 Å². The van der Waals surface area contributed by atoms with Crippen molar-refractivity contribution in [3.05, 3.63) is 76.2 Å². The summed E-state index contributed by atoms with van der Waals surface area (Å²) in [6.07, 6.45) is 1.85. The van der Waals surface area contributed by atoms with E-state index in [1.54, 1.807) is 12.1 Å². The smallest absolute Gasteiger partial charge is 0.225 e. The lowest BCUT2D eigenvalue weighted by molar-refractivity contribution is 0.311. The summed E-state index contributed by atoms with van der Waals surface area (Å²) < 4.78 is 14.6. The van der Waals surface area contributed by atoms with E-state index in [0.29, 0.717) is 22.8 Å². The Bertz CT molecular complexity index is 1140. The third-order valence-corrected chi connectivity index (χ3v) is 5.90. The van der Waals surface area contributed by atoms with Crippen LogP contribution in [0.25, 0.3) is 11.3 Å². The maximum atomic E-state index is 14.6. The Kier molecular flexibility index (Phi) is 4.97. The number of fused-ring (bicyclic) bond motifs is 3. The first-order valence-corrected chi connectivity index (χ1v) is 10.4. The van der Waals surface area contributed by atoms with Gasteiger partial charge < -0.3 is 9.80 Å². The number of likely N-dealkylation sites (N-methyl/N-ethyl adjacent to an activating group) is 1. The van der Waals surface area contributed by atoms with Crippen molar-refractivity contribution in [3.8, 4) is 11.3 Å². The topological polar surface area (TPSA) is 44.6 Å². The summed E-state index contributed by atoms with van der Waals surface area (Å²) in [7, 11) is 2.12. The molecule has 1 aromatic heterocycles. The van der Waals surface area contributed by atoms with Gasteiger partial charge in [-0.05, 0) is 31.3 Å². The Morgan fingerprint density at radius 2 is 1.77 bits per heavy atom. The van der Waals surface area contributed by atoms with Gasteiger partial charge in [-0.25, -0.2) is 14.4 Å². The van der Waals surface area contributed by atoms with Crippen LogP contribution in [0, 0.1) is 5.82 Å². The zero-order valence-corrected chi connectivity index (χ0v) is 17.4. The number of hydrogen-bond donors (Lipinski definition) is 0. The molecule has 0 amide bonds. The second-order valence-corrected chi connectivity index (χ2v) is 8.11. The van der Waals surface area contributed by atoms with Gasteiger partial charge in [-0.1, -0.05) is 29.8 Å². The van der Waals surface area contributed by atoms with Gasteiger partial charge in [0.25, 0.3) is 0 Å². The summed E-state index contributed by atoms with van der Waals surface area (Å²) in [5.74, 6) is 0.412. The Hall–Kier alpha value is -2.83. The Labute approximate surface area is 179 Å². The first-order chi connectivity index (χ1) is 14.6. The van der Waals surface area contributed by atoms with Crippen molar-refractivity contribution in [2.75, 3.05) is 38.1 Å². The van der Waals surface area contributed by atoms with Crippen LogP contribution in [0.4, 0.5) is 10.3 Å². The average molecular weight is 422 g/mol. The predicted octanol–water partition coefficient (Wildman–Crippen LogP) is 4.04. The molecule has 0 aliphatic carbocycles. The third-order valence-electron chi connectivity index (χ3n) is 5.67. The molecule has 0 atom stereocenters. The first-order valence-electron chi connectivity index (χ1n) is 9.99. The molecule has 0 saturated carbocycles. The molecular formula is C23H21ClFN5. The van der Waals surface area contributed by atoms with E-state index in [0.717, 1.165) is 54.5 Å². The zero-order chi connectivity index (χ0) is 20.7. The van der Waals surface area contributed by atoms with Crippen LogP contribution in [0.5, 0.6) is 0 Å². The summed E-state index contributed by atoms with van der Waals surface area (Å²) >= 11 is 6.32. The predicted molar refractivity (Wildman–Crippen MR) is 118 cm³/mol. The maximum absolute atomic E-state index is 14.6. The van der Waals surface area contributed by atoms with Crippen LogP contribution >= 0.6 is 11.6 Å². The van der Waals surface area contributed by atoms with Crippen molar-refractivity contribution in [2.24, 2.45) is 4.99 Å². The van der Waals surface area contributed by atoms with E-state index in [1.165, 1.54) is 6.07 Å². The molecule has 152 valence electrons. The van der Waals surface area contributed by atoms with Crippen molar-refractivity contribution in [1.82, 2.24) is 14.9 Å². The molecule has 0 bridgehead atoms. The highest BCUT2D eigenvalue weighted by Crippen LogP contribution is 2.34. The minimum atomic E-state index is -0.308. The van der Waals surface area contributed by atoms with Gasteiger partial charge in [0.15, 0.2) is 0 Å². The minimum Gasteiger partial charge on any atom is -0.338 e. The second kappa shape index (κ2) is 7.78. The van der Waals surface area contributed by atoms with Crippen LogP contribution in [0.2, 0.25) is 5.02 Å². The molecule has 2 aromatic carbocycles. The molecule has 0 radical (unpaired) electrons. The Morgan fingerprint density at radius 1 is 0.967 bits per heavy atom. The molecule has 1 fully saturated rings. The quantitative estimate of drug-likeness (QED) is 0.626. The van der Waals surface area contributed by atoms with Gasteiger partial charge in [0.1, 0.15) is 5.82 Å². The number of aromatic nitrogens is 2. The van der Waals surface area contributed by atoms with E-state index < -0.39 is 0 Å².